The van der Waals surface area contributed by atoms with E-state index < -0.39 is 18.2 Å². The molecule has 0 spiro atoms. The van der Waals surface area contributed by atoms with Gasteiger partial charge in [-0.05, 0) is 58.9 Å². The molecule has 0 unspecified atom stereocenters. The summed E-state index contributed by atoms with van der Waals surface area (Å²) in [5.74, 6) is -1.51. The van der Waals surface area contributed by atoms with E-state index in [4.69, 9.17) is 14.6 Å². The van der Waals surface area contributed by atoms with Crippen molar-refractivity contribution in [1.29, 1.82) is 0 Å². The number of ether oxygens (including phenoxy) is 2. The summed E-state index contributed by atoms with van der Waals surface area (Å²) >= 11 is 1.34. The number of pyridine rings is 1. The molecular formula is C37H38N2O8S. The van der Waals surface area contributed by atoms with Gasteiger partial charge in [0.25, 0.3) is 0 Å². The van der Waals surface area contributed by atoms with Gasteiger partial charge in [-0.1, -0.05) is 66.7 Å². The van der Waals surface area contributed by atoms with Crippen molar-refractivity contribution in [2.24, 2.45) is 0 Å². The van der Waals surface area contributed by atoms with E-state index in [-0.39, 0.29) is 36.7 Å². The lowest BCUT2D eigenvalue weighted by atomic mass is 9.99. The number of nitrogens with zero attached hydrogens (tertiary/aromatic N) is 1. The summed E-state index contributed by atoms with van der Waals surface area (Å²) < 4.78 is 12.9. The number of thioether (sulfide) groups is 1. The molecule has 2 heterocycles. The van der Waals surface area contributed by atoms with Gasteiger partial charge in [0, 0.05) is 43.3 Å². The number of carbonyl (C=O) groups excluding carboxylic acids is 1. The molecule has 4 aromatic rings. The van der Waals surface area contributed by atoms with Gasteiger partial charge < -0.3 is 30.1 Å². The fourth-order valence-corrected chi connectivity index (χ4v) is 6.41. The standard InChI is InChI=1S/C37H38N2O8S/c40-22-24-10-12-27(13-11-24)32-20-30(23-48-35-31(36(44)45)7-4-18-38-35)46-37(47-32)28-16-14-26(15-17-28)29-6-3-5-25(19-29)21-39-33(41)8-1-2-9-34(42)43/h3-7,10-19,30,32,37,40H,1-2,8-9,20-23H2,(H,39,41)(H,42,43)(H,44,45)/t30-,32+,37+/m0/s1. The summed E-state index contributed by atoms with van der Waals surface area (Å²) in [5, 5.41) is 31.2. The lowest BCUT2D eigenvalue weighted by Crippen LogP contribution is -2.31. The van der Waals surface area contributed by atoms with Crippen molar-refractivity contribution in [3.8, 4) is 11.1 Å². The van der Waals surface area contributed by atoms with Gasteiger partial charge in [-0.25, -0.2) is 9.78 Å². The third kappa shape index (κ3) is 9.74. The van der Waals surface area contributed by atoms with Gasteiger partial charge in [-0.3, -0.25) is 9.59 Å². The molecule has 1 saturated heterocycles. The van der Waals surface area contributed by atoms with E-state index in [9.17, 15) is 24.6 Å². The molecule has 0 aliphatic carbocycles. The van der Waals surface area contributed by atoms with E-state index in [1.54, 1.807) is 12.3 Å². The molecule has 0 saturated carbocycles. The van der Waals surface area contributed by atoms with Crippen LogP contribution in [-0.4, -0.2) is 50.0 Å². The minimum atomic E-state index is -1.03. The Balaban J connectivity index is 1.26. The second-order valence-electron chi connectivity index (χ2n) is 11.5. The van der Waals surface area contributed by atoms with Gasteiger partial charge in [-0.15, -0.1) is 11.8 Å². The largest absolute Gasteiger partial charge is 0.481 e. The van der Waals surface area contributed by atoms with Crippen molar-refractivity contribution in [1.82, 2.24) is 10.3 Å². The van der Waals surface area contributed by atoms with Crippen molar-refractivity contribution in [3.63, 3.8) is 0 Å². The predicted molar refractivity (Wildman–Crippen MR) is 180 cm³/mol. The maximum Gasteiger partial charge on any atom is 0.338 e. The maximum atomic E-state index is 12.2. The molecule has 48 heavy (non-hydrogen) atoms. The highest BCUT2D eigenvalue weighted by atomic mass is 32.2. The highest BCUT2D eigenvalue weighted by Crippen LogP contribution is 2.40. The Kier molecular flexibility index (Phi) is 12.3. The first-order chi connectivity index (χ1) is 23.3. The minimum absolute atomic E-state index is 0.0487. The van der Waals surface area contributed by atoms with Crippen molar-refractivity contribution in [2.75, 3.05) is 5.75 Å². The number of aromatic carboxylic acids is 1. The Hall–Kier alpha value is -4.55. The van der Waals surface area contributed by atoms with Crippen LogP contribution in [0.25, 0.3) is 11.1 Å². The third-order valence-electron chi connectivity index (χ3n) is 8.00. The summed E-state index contributed by atoms with van der Waals surface area (Å²) in [6.45, 7) is 0.326. The lowest BCUT2D eigenvalue weighted by Gasteiger charge is -2.36. The number of amides is 1. The van der Waals surface area contributed by atoms with Gasteiger partial charge >= 0.3 is 11.9 Å². The summed E-state index contributed by atoms with van der Waals surface area (Å²) in [6, 6.07) is 26.6. The van der Waals surface area contributed by atoms with Crippen LogP contribution in [0, 0.1) is 0 Å². The zero-order chi connectivity index (χ0) is 33.9. The first-order valence-electron chi connectivity index (χ1n) is 15.8. The number of aliphatic hydroxyl groups is 1. The first-order valence-corrected chi connectivity index (χ1v) is 16.8. The second kappa shape index (κ2) is 17.0. The highest BCUT2D eigenvalue weighted by Gasteiger charge is 2.32. The molecule has 1 aliphatic rings. The van der Waals surface area contributed by atoms with Crippen LogP contribution in [0.5, 0.6) is 0 Å². The van der Waals surface area contributed by atoms with Gasteiger partial charge in [-0.2, -0.15) is 0 Å². The van der Waals surface area contributed by atoms with Gasteiger partial charge in [0.15, 0.2) is 6.29 Å². The van der Waals surface area contributed by atoms with Crippen LogP contribution in [-0.2, 0) is 32.2 Å². The van der Waals surface area contributed by atoms with E-state index >= 15 is 0 Å². The predicted octanol–water partition coefficient (Wildman–Crippen LogP) is 6.54. The van der Waals surface area contributed by atoms with Crippen molar-refractivity contribution >= 4 is 29.6 Å². The van der Waals surface area contributed by atoms with Crippen LogP contribution in [0.1, 0.15) is 77.1 Å². The number of carboxylic acids is 2. The first kappa shape index (κ1) is 34.8. The summed E-state index contributed by atoms with van der Waals surface area (Å²) in [7, 11) is 0. The van der Waals surface area contributed by atoms with E-state index in [1.165, 1.54) is 17.8 Å². The monoisotopic (exact) mass is 670 g/mol. The molecule has 1 fully saturated rings. The fraction of sp³-hybridized carbons (Fsp3) is 0.297. The number of hydrogen-bond donors (Lipinski definition) is 4. The molecule has 1 amide bonds. The number of aromatic nitrogens is 1. The molecule has 3 atom stereocenters. The number of hydrogen-bond acceptors (Lipinski definition) is 8. The topological polar surface area (TPSA) is 155 Å². The Morgan fingerprint density at radius 3 is 2.31 bits per heavy atom. The minimum Gasteiger partial charge on any atom is -0.481 e. The molecule has 1 aromatic heterocycles. The second-order valence-corrected chi connectivity index (χ2v) is 12.5. The Labute approximate surface area is 283 Å². The van der Waals surface area contributed by atoms with Crippen molar-refractivity contribution < 1.29 is 39.2 Å². The number of carboxylic acid groups (broad SMARTS) is 2. The van der Waals surface area contributed by atoms with Crippen molar-refractivity contribution in [3.05, 3.63) is 119 Å². The summed E-state index contributed by atoms with van der Waals surface area (Å²) in [6.07, 6.45) is 2.29. The van der Waals surface area contributed by atoms with E-state index in [0.717, 1.165) is 33.4 Å². The number of carbonyl (C=O) groups is 3. The summed E-state index contributed by atoms with van der Waals surface area (Å²) in [5.41, 5.74) is 5.67. The normalized spacial score (nSPS) is 17.5. The number of aliphatic hydroxyl groups excluding tert-OH is 1. The molecule has 5 rings (SSSR count). The maximum absolute atomic E-state index is 12.2. The quantitative estimate of drug-likeness (QED) is 0.0810. The number of nitrogens with one attached hydrogen (secondary N) is 1. The Bertz CT molecular complexity index is 1700. The van der Waals surface area contributed by atoms with E-state index in [0.29, 0.717) is 43.0 Å². The highest BCUT2D eigenvalue weighted by molar-refractivity contribution is 7.99. The molecule has 0 radical (unpaired) electrons. The molecule has 10 nitrogen and oxygen atoms in total. The van der Waals surface area contributed by atoms with Crippen LogP contribution < -0.4 is 5.32 Å². The summed E-state index contributed by atoms with van der Waals surface area (Å²) in [4.78, 5) is 38.9. The number of benzene rings is 3. The SMILES string of the molecule is O=C(O)CCCCC(=O)NCc1cccc(-c2ccc([C@@H]3O[C@H](CSc4ncccc4C(=O)O)C[C@H](c4ccc(CO)cc4)O3)cc2)c1. The Morgan fingerprint density at radius 1 is 0.833 bits per heavy atom. The van der Waals surface area contributed by atoms with Crippen LogP contribution in [0.4, 0.5) is 0 Å². The van der Waals surface area contributed by atoms with Crippen LogP contribution in [0.2, 0.25) is 0 Å². The number of rotatable bonds is 15. The molecule has 4 N–H and O–H groups in total. The molecule has 1 aliphatic heterocycles. The lowest BCUT2D eigenvalue weighted by molar-refractivity contribution is -0.245. The average molecular weight is 671 g/mol. The average Bonchev–Trinajstić information content (AvgIpc) is 3.11. The van der Waals surface area contributed by atoms with Crippen LogP contribution in [0.15, 0.2) is 96.2 Å². The number of aliphatic carboxylic acids is 1. The van der Waals surface area contributed by atoms with E-state index in [2.05, 4.69) is 10.3 Å². The molecular weight excluding hydrogens is 632 g/mol. The molecule has 3 aromatic carbocycles. The Morgan fingerprint density at radius 2 is 1.58 bits per heavy atom. The van der Waals surface area contributed by atoms with Crippen LogP contribution >= 0.6 is 11.8 Å². The van der Waals surface area contributed by atoms with Crippen LogP contribution in [0.3, 0.4) is 0 Å². The van der Waals surface area contributed by atoms with Crippen molar-refractivity contribution in [2.45, 2.75) is 68.8 Å². The molecule has 0 bridgehead atoms. The number of unbranched alkanes of at least 4 members (excludes halogenated alkanes) is 1. The van der Waals surface area contributed by atoms with Gasteiger partial charge in [0.2, 0.25) is 5.91 Å². The third-order valence-corrected chi connectivity index (χ3v) is 9.14. The van der Waals surface area contributed by atoms with Gasteiger partial charge in [0.05, 0.1) is 24.4 Å². The molecule has 11 heteroatoms. The smallest absolute Gasteiger partial charge is 0.338 e. The fourth-order valence-electron chi connectivity index (χ4n) is 5.41. The zero-order valence-electron chi connectivity index (χ0n) is 26.3. The zero-order valence-corrected chi connectivity index (χ0v) is 27.1. The molecule has 250 valence electrons. The van der Waals surface area contributed by atoms with E-state index in [1.807, 2.05) is 72.8 Å². The van der Waals surface area contributed by atoms with Gasteiger partial charge in [0.1, 0.15) is 5.03 Å².